The maximum Gasteiger partial charge on any atom is 0.257 e. The second-order valence-corrected chi connectivity index (χ2v) is 6.78. The zero-order valence-electron chi connectivity index (χ0n) is 16.3. The third kappa shape index (κ3) is 3.77. The Morgan fingerprint density at radius 1 is 1.07 bits per heavy atom. The molecule has 0 saturated heterocycles. The van der Waals surface area contributed by atoms with E-state index in [4.69, 9.17) is 20.4 Å². The number of para-hydroxylation sites is 2. The molecule has 4 rings (SSSR count). The minimum atomic E-state index is -0.271. The number of ether oxygens (including phenoxy) is 1. The number of nitrogens with two attached hydrogens (primary N) is 1. The summed E-state index contributed by atoms with van der Waals surface area (Å²) in [5, 5.41) is 2.84. The van der Waals surface area contributed by atoms with E-state index in [-0.39, 0.29) is 5.91 Å². The number of fused-ring (bicyclic) bond motifs is 2. The van der Waals surface area contributed by atoms with Gasteiger partial charge in [-0.05, 0) is 24.1 Å². The highest BCUT2D eigenvalue weighted by molar-refractivity contribution is 6.10. The molecule has 29 heavy (non-hydrogen) atoms. The number of amides is 1. The van der Waals surface area contributed by atoms with Gasteiger partial charge in [-0.2, -0.15) is 0 Å². The first-order chi connectivity index (χ1) is 14.2. The van der Waals surface area contributed by atoms with Crippen molar-refractivity contribution in [3.63, 3.8) is 0 Å². The molecule has 3 N–H and O–H groups in total. The number of benzene rings is 2. The zero-order chi connectivity index (χ0) is 20.2. The summed E-state index contributed by atoms with van der Waals surface area (Å²) < 4.78 is 6.90. The van der Waals surface area contributed by atoms with Crippen LogP contribution in [0.5, 0.6) is 0 Å². The van der Waals surface area contributed by atoms with Gasteiger partial charge in [0.15, 0.2) is 5.65 Å². The number of nitrogens with zero attached hydrogens (tertiary/aromatic N) is 3. The minimum Gasteiger partial charge on any atom is -0.384 e. The second-order valence-electron chi connectivity index (χ2n) is 6.78. The molecule has 0 fully saturated rings. The van der Waals surface area contributed by atoms with Gasteiger partial charge in [0.05, 0.1) is 17.6 Å². The summed E-state index contributed by atoms with van der Waals surface area (Å²) >= 11 is 0. The molecule has 2 aromatic carbocycles. The normalized spacial score (nSPS) is 11.2. The molecule has 7 heteroatoms. The van der Waals surface area contributed by atoms with E-state index in [9.17, 15) is 4.79 Å². The first-order valence-electron chi connectivity index (χ1n) is 9.54. The predicted octanol–water partition coefficient (Wildman–Crippen LogP) is 2.79. The highest BCUT2D eigenvalue weighted by atomic mass is 16.5. The molecule has 0 aliphatic rings. The smallest absolute Gasteiger partial charge is 0.257 e. The average Bonchev–Trinajstić information content (AvgIpc) is 3.01. The molecular weight excluding hydrogens is 366 g/mol. The van der Waals surface area contributed by atoms with E-state index in [2.05, 4.69) is 17.4 Å². The van der Waals surface area contributed by atoms with Crippen LogP contribution < -0.4 is 11.1 Å². The van der Waals surface area contributed by atoms with E-state index < -0.39 is 0 Å². The fourth-order valence-corrected chi connectivity index (χ4v) is 3.41. The van der Waals surface area contributed by atoms with Gasteiger partial charge in [-0.15, -0.1) is 0 Å². The monoisotopic (exact) mass is 389 g/mol. The molecule has 0 saturated carbocycles. The summed E-state index contributed by atoms with van der Waals surface area (Å²) in [6, 6.07) is 17.8. The molecule has 0 radical (unpaired) electrons. The van der Waals surface area contributed by atoms with Crippen molar-refractivity contribution in [1.29, 1.82) is 0 Å². The fraction of sp³-hybridized carbons (Fsp3) is 0.227. The topological polar surface area (TPSA) is 95.1 Å². The Hall–Kier alpha value is -3.45. The van der Waals surface area contributed by atoms with Crippen molar-refractivity contribution in [3.8, 4) is 0 Å². The van der Waals surface area contributed by atoms with Crippen molar-refractivity contribution in [1.82, 2.24) is 19.9 Å². The number of nitrogens with one attached hydrogen (secondary N) is 1. The van der Waals surface area contributed by atoms with Crippen LogP contribution >= 0.6 is 0 Å². The van der Waals surface area contributed by atoms with Crippen LogP contribution in [0.3, 0.4) is 0 Å². The summed E-state index contributed by atoms with van der Waals surface area (Å²) in [6.07, 6.45) is 0.772. The van der Waals surface area contributed by atoms with Gasteiger partial charge in [0.25, 0.3) is 5.91 Å². The van der Waals surface area contributed by atoms with Crippen LogP contribution in [0.25, 0.3) is 22.2 Å². The molecule has 0 aliphatic carbocycles. The Labute approximate surface area is 168 Å². The summed E-state index contributed by atoms with van der Waals surface area (Å²) in [7, 11) is 1.59. The molecule has 4 aromatic rings. The number of aromatic nitrogens is 3. The van der Waals surface area contributed by atoms with E-state index in [0.717, 1.165) is 17.5 Å². The molecule has 0 bridgehead atoms. The number of carbonyl (C=O) groups is 1. The molecule has 7 nitrogen and oxygen atoms in total. The molecule has 148 valence electrons. The Kier molecular flexibility index (Phi) is 5.39. The lowest BCUT2D eigenvalue weighted by atomic mass is 10.1. The summed E-state index contributed by atoms with van der Waals surface area (Å²) in [6.45, 7) is 1.42. The van der Waals surface area contributed by atoms with Crippen molar-refractivity contribution in [2.45, 2.75) is 13.0 Å². The van der Waals surface area contributed by atoms with Gasteiger partial charge < -0.3 is 20.4 Å². The van der Waals surface area contributed by atoms with Crippen molar-refractivity contribution >= 4 is 33.9 Å². The van der Waals surface area contributed by atoms with Crippen LogP contribution in [-0.2, 0) is 17.7 Å². The standard InChI is InChI=1S/C22H23N5O2/c1-29-14-12-24-22(28)18-19-21(26-17-10-6-5-9-16(17)25-19)27(20(18)23)13-11-15-7-3-2-4-8-15/h2-10H,11-14,23H2,1H3,(H,24,28). The van der Waals surface area contributed by atoms with Gasteiger partial charge in [-0.25, -0.2) is 9.97 Å². The van der Waals surface area contributed by atoms with E-state index in [1.54, 1.807) is 7.11 Å². The maximum absolute atomic E-state index is 12.9. The molecule has 0 atom stereocenters. The van der Waals surface area contributed by atoms with Crippen LogP contribution in [0.1, 0.15) is 15.9 Å². The van der Waals surface area contributed by atoms with Crippen LogP contribution in [-0.4, -0.2) is 40.7 Å². The SMILES string of the molecule is COCCNC(=O)c1c(N)n(CCc2ccccc2)c2nc3ccccc3nc12. The van der Waals surface area contributed by atoms with Crippen molar-refractivity contribution in [3.05, 3.63) is 65.7 Å². The van der Waals surface area contributed by atoms with Crippen LogP contribution in [0.4, 0.5) is 5.82 Å². The van der Waals surface area contributed by atoms with Crippen molar-refractivity contribution < 1.29 is 9.53 Å². The minimum absolute atomic E-state index is 0.271. The van der Waals surface area contributed by atoms with Crippen LogP contribution in [0.15, 0.2) is 54.6 Å². The predicted molar refractivity (Wildman–Crippen MR) is 114 cm³/mol. The Balaban J connectivity index is 1.79. The van der Waals surface area contributed by atoms with E-state index in [1.165, 1.54) is 5.56 Å². The highest BCUT2D eigenvalue weighted by Crippen LogP contribution is 2.28. The lowest BCUT2D eigenvalue weighted by Crippen LogP contribution is -2.27. The molecule has 0 spiro atoms. The molecule has 0 aliphatic heterocycles. The van der Waals surface area contributed by atoms with Gasteiger partial charge in [0, 0.05) is 20.2 Å². The third-order valence-corrected chi connectivity index (χ3v) is 4.88. The van der Waals surface area contributed by atoms with Gasteiger partial charge in [-0.1, -0.05) is 42.5 Å². The molecule has 2 aromatic heterocycles. The fourth-order valence-electron chi connectivity index (χ4n) is 3.41. The molecular formula is C22H23N5O2. The van der Waals surface area contributed by atoms with Crippen LogP contribution in [0, 0.1) is 0 Å². The Bertz CT molecular complexity index is 1150. The lowest BCUT2D eigenvalue weighted by molar-refractivity contribution is 0.0939. The Morgan fingerprint density at radius 3 is 2.48 bits per heavy atom. The van der Waals surface area contributed by atoms with Crippen molar-refractivity contribution in [2.24, 2.45) is 0 Å². The number of hydrogen-bond donors (Lipinski definition) is 2. The number of rotatable bonds is 7. The first kappa shape index (κ1) is 18.9. The van der Waals surface area contributed by atoms with Gasteiger partial charge in [0.1, 0.15) is 16.9 Å². The zero-order valence-corrected chi connectivity index (χ0v) is 16.3. The first-order valence-corrected chi connectivity index (χ1v) is 9.54. The molecule has 1 amide bonds. The lowest BCUT2D eigenvalue weighted by Gasteiger charge is -2.08. The maximum atomic E-state index is 12.9. The van der Waals surface area contributed by atoms with E-state index >= 15 is 0 Å². The van der Waals surface area contributed by atoms with Crippen molar-refractivity contribution in [2.75, 3.05) is 26.0 Å². The van der Waals surface area contributed by atoms with E-state index in [0.29, 0.717) is 42.2 Å². The summed E-state index contributed by atoms with van der Waals surface area (Å²) in [5.41, 5.74) is 10.6. The quantitative estimate of drug-likeness (QED) is 0.474. The number of hydrogen-bond acceptors (Lipinski definition) is 5. The number of nitrogen functional groups attached to an aromatic ring is 1. The molecule has 0 unspecified atom stereocenters. The third-order valence-electron chi connectivity index (χ3n) is 4.88. The Morgan fingerprint density at radius 2 is 1.76 bits per heavy atom. The number of methoxy groups -OCH3 is 1. The summed E-state index contributed by atoms with van der Waals surface area (Å²) in [5.74, 6) is 0.105. The number of aryl methyl sites for hydroxylation is 2. The number of carbonyl (C=O) groups excluding carboxylic acids is 1. The second kappa shape index (κ2) is 8.28. The molecule has 2 heterocycles. The number of anilines is 1. The summed E-state index contributed by atoms with van der Waals surface area (Å²) in [4.78, 5) is 22.3. The van der Waals surface area contributed by atoms with Crippen LogP contribution in [0.2, 0.25) is 0 Å². The van der Waals surface area contributed by atoms with E-state index in [1.807, 2.05) is 47.0 Å². The van der Waals surface area contributed by atoms with Gasteiger partial charge in [0.2, 0.25) is 0 Å². The van der Waals surface area contributed by atoms with Gasteiger partial charge >= 0.3 is 0 Å². The van der Waals surface area contributed by atoms with Gasteiger partial charge in [-0.3, -0.25) is 4.79 Å². The average molecular weight is 389 g/mol. The highest BCUT2D eigenvalue weighted by Gasteiger charge is 2.23. The largest absolute Gasteiger partial charge is 0.384 e.